The lowest BCUT2D eigenvalue weighted by Gasteiger charge is -2.10. The van der Waals surface area contributed by atoms with Crippen LogP contribution in [-0.4, -0.2) is 22.5 Å². The topological polar surface area (TPSA) is 87.3 Å². The standard InChI is InChI=1S/C14H15N3O3/c1-2-7-19-11-5-3-4-6-12(11)20-14-16-8-10(9-17-14)13(15)18/h3-6,8-9H,2,7H2,1H3,(H2,15,18). The molecule has 1 aromatic heterocycles. The summed E-state index contributed by atoms with van der Waals surface area (Å²) >= 11 is 0. The Balaban J connectivity index is 2.14. The van der Waals surface area contributed by atoms with Gasteiger partial charge in [-0.3, -0.25) is 4.79 Å². The van der Waals surface area contributed by atoms with Gasteiger partial charge < -0.3 is 15.2 Å². The average molecular weight is 273 g/mol. The zero-order valence-electron chi connectivity index (χ0n) is 11.1. The maximum atomic E-state index is 10.9. The number of benzene rings is 1. The van der Waals surface area contributed by atoms with E-state index in [2.05, 4.69) is 9.97 Å². The van der Waals surface area contributed by atoms with Gasteiger partial charge in [-0.15, -0.1) is 0 Å². The molecule has 1 heterocycles. The molecule has 0 atom stereocenters. The lowest BCUT2D eigenvalue weighted by molar-refractivity contribution is 0.0999. The molecule has 0 bridgehead atoms. The smallest absolute Gasteiger partial charge is 0.322 e. The van der Waals surface area contributed by atoms with Crippen molar-refractivity contribution >= 4 is 5.91 Å². The fourth-order valence-corrected chi connectivity index (χ4v) is 1.46. The molecule has 1 amide bonds. The second kappa shape index (κ2) is 6.51. The van der Waals surface area contributed by atoms with Crippen molar-refractivity contribution in [3.63, 3.8) is 0 Å². The highest BCUT2D eigenvalue weighted by molar-refractivity contribution is 5.92. The van der Waals surface area contributed by atoms with Gasteiger partial charge in [0.25, 0.3) is 5.91 Å². The van der Waals surface area contributed by atoms with Crippen molar-refractivity contribution in [2.75, 3.05) is 6.61 Å². The van der Waals surface area contributed by atoms with E-state index in [1.807, 2.05) is 25.1 Å². The molecule has 104 valence electrons. The van der Waals surface area contributed by atoms with Crippen molar-refractivity contribution in [3.05, 3.63) is 42.2 Å². The maximum Gasteiger partial charge on any atom is 0.322 e. The summed E-state index contributed by atoms with van der Waals surface area (Å²) in [6, 6.07) is 7.38. The van der Waals surface area contributed by atoms with Crippen LogP contribution < -0.4 is 15.2 Å². The number of carbonyl (C=O) groups excluding carboxylic acids is 1. The van der Waals surface area contributed by atoms with Gasteiger partial charge in [0, 0.05) is 12.4 Å². The lowest BCUT2D eigenvalue weighted by atomic mass is 10.3. The van der Waals surface area contributed by atoms with E-state index >= 15 is 0 Å². The zero-order chi connectivity index (χ0) is 14.4. The summed E-state index contributed by atoms with van der Waals surface area (Å²) in [5.41, 5.74) is 5.35. The van der Waals surface area contributed by atoms with Crippen LogP contribution >= 0.6 is 0 Å². The highest BCUT2D eigenvalue weighted by atomic mass is 16.5. The van der Waals surface area contributed by atoms with Crippen molar-refractivity contribution < 1.29 is 14.3 Å². The third kappa shape index (κ3) is 3.44. The van der Waals surface area contributed by atoms with Crippen LogP contribution in [0.4, 0.5) is 0 Å². The highest BCUT2D eigenvalue weighted by Crippen LogP contribution is 2.29. The summed E-state index contributed by atoms with van der Waals surface area (Å²) in [7, 11) is 0. The van der Waals surface area contributed by atoms with Crippen LogP contribution in [0.3, 0.4) is 0 Å². The van der Waals surface area contributed by atoms with E-state index in [0.717, 1.165) is 6.42 Å². The summed E-state index contributed by atoms with van der Waals surface area (Å²) in [6.45, 7) is 2.62. The van der Waals surface area contributed by atoms with Gasteiger partial charge in [0.05, 0.1) is 12.2 Å². The number of nitrogens with two attached hydrogens (primary N) is 1. The first-order valence-electron chi connectivity index (χ1n) is 6.22. The summed E-state index contributed by atoms with van der Waals surface area (Å²) in [4.78, 5) is 18.8. The van der Waals surface area contributed by atoms with Crippen molar-refractivity contribution in [2.24, 2.45) is 5.73 Å². The van der Waals surface area contributed by atoms with Crippen LogP contribution in [0.2, 0.25) is 0 Å². The van der Waals surface area contributed by atoms with Crippen molar-refractivity contribution in [1.29, 1.82) is 0 Å². The average Bonchev–Trinajstić information content (AvgIpc) is 2.47. The molecule has 6 nitrogen and oxygen atoms in total. The SMILES string of the molecule is CCCOc1ccccc1Oc1ncc(C(N)=O)cn1. The van der Waals surface area contributed by atoms with Gasteiger partial charge in [0.1, 0.15) is 0 Å². The third-order valence-electron chi connectivity index (χ3n) is 2.42. The first-order valence-corrected chi connectivity index (χ1v) is 6.22. The Morgan fingerprint density at radius 3 is 2.45 bits per heavy atom. The Hall–Kier alpha value is -2.63. The molecule has 2 N–H and O–H groups in total. The Morgan fingerprint density at radius 2 is 1.85 bits per heavy atom. The van der Waals surface area contributed by atoms with Crippen LogP contribution in [-0.2, 0) is 0 Å². The zero-order valence-corrected chi connectivity index (χ0v) is 11.1. The minimum absolute atomic E-state index is 0.127. The molecule has 2 aromatic rings. The summed E-state index contributed by atoms with van der Waals surface area (Å²) in [6.07, 6.45) is 3.54. The number of ether oxygens (including phenoxy) is 2. The Morgan fingerprint density at radius 1 is 1.20 bits per heavy atom. The van der Waals surface area contributed by atoms with Gasteiger partial charge in [-0.1, -0.05) is 19.1 Å². The summed E-state index contributed by atoms with van der Waals surface area (Å²) in [5.74, 6) is 0.563. The first kappa shape index (κ1) is 13.8. The number of para-hydroxylation sites is 2. The van der Waals surface area contributed by atoms with Crippen LogP contribution in [0.5, 0.6) is 17.5 Å². The minimum atomic E-state index is -0.580. The Labute approximate surface area is 116 Å². The number of hydrogen-bond donors (Lipinski definition) is 1. The van der Waals surface area contributed by atoms with E-state index in [0.29, 0.717) is 18.1 Å². The van der Waals surface area contributed by atoms with E-state index in [4.69, 9.17) is 15.2 Å². The third-order valence-corrected chi connectivity index (χ3v) is 2.42. The molecular weight excluding hydrogens is 258 g/mol. The number of carbonyl (C=O) groups is 1. The normalized spacial score (nSPS) is 10.1. The van der Waals surface area contributed by atoms with Crippen LogP contribution in [0.25, 0.3) is 0 Å². The van der Waals surface area contributed by atoms with Gasteiger partial charge in [-0.05, 0) is 18.6 Å². The molecule has 0 aliphatic heterocycles. The molecule has 0 radical (unpaired) electrons. The number of primary amides is 1. The van der Waals surface area contributed by atoms with Crippen LogP contribution in [0.15, 0.2) is 36.7 Å². The second-order valence-electron chi connectivity index (χ2n) is 4.02. The molecule has 20 heavy (non-hydrogen) atoms. The molecule has 0 aliphatic carbocycles. The first-order chi connectivity index (χ1) is 9.70. The van der Waals surface area contributed by atoms with Gasteiger partial charge in [0.2, 0.25) is 0 Å². The van der Waals surface area contributed by atoms with Gasteiger partial charge >= 0.3 is 6.01 Å². The Kier molecular flexibility index (Phi) is 4.49. The molecule has 2 rings (SSSR count). The van der Waals surface area contributed by atoms with Crippen molar-refractivity contribution in [3.8, 4) is 17.5 Å². The molecule has 1 aromatic carbocycles. The predicted molar refractivity (Wildman–Crippen MR) is 72.9 cm³/mol. The number of aromatic nitrogens is 2. The summed E-state index contributed by atoms with van der Waals surface area (Å²) < 4.78 is 11.1. The van der Waals surface area contributed by atoms with Crippen molar-refractivity contribution in [1.82, 2.24) is 9.97 Å². The van der Waals surface area contributed by atoms with Crippen LogP contribution in [0, 0.1) is 0 Å². The molecule has 0 fully saturated rings. The molecule has 0 unspecified atom stereocenters. The van der Waals surface area contributed by atoms with E-state index in [1.165, 1.54) is 12.4 Å². The van der Waals surface area contributed by atoms with E-state index < -0.39 is 5.91 Å². The van der Waals surface area contributed by atoms with Crippen LogP contribution in [0.1, 0.15) is 23.7 Å². The monoisotopic (exact) mass is 273 g/mol. The van der Waals surface area contributed by atoms with E-state index in [9.17, 15) is 4.79 Å². The fourth-order valence-electron chi connectivity index (χ4n) is 1.46. The largest absolute Gasteiger partial charge is 0.490 e. The summed E-state index contributed by atoms with van der Waals surface area (Å²) in [5, 5.41) is 0. The molecule has 0 saturated carbocycles. The van der Waals surface area contributed by atoms with Gasteiger partial charge in [-0.25, -0.2) is 9.97 Å². The molecular formula is C14H15N3O3. The van der Waals surface area contributed by atoms with Gasteiger partial charge in [-0.2, -0.15) is 0 Å². The van der Waals surface area contributed by atoms with Gasteiger partial charge in [0.15, 0.2) is 11.5 Å². The number of hydrogen-bond acceptors (Lipinski definition) is 5. The maximum absolute atomic E-state index is 10.9. The second-order valence-corrected chi connectivity index (χ2v) is 4.02. The molecule has 0 aliphatic rings. The predicted octanol–water partition coefficient (Wildman–Crippen LogP) is 2.16. The number of amides is 1. The van der Waals surface area contributed by atoms with E-state index in [-0.39, 0.29) is 11.6 Å². The number of nitrogens with zero attached hydrogens (tertiary/aromatic N) is 2. The molecule has 0 saturated heterocycles. The fraction of sp³-hybridized carbons (Fsp3) is 0.214. The highest BCUT2D eigenvalue weighted by Gasteiger charge is 2.08. The minimum Gasteiger partial charge on any atom is -0.490 e. The molecule has 6 heteroatoms. The lowest BCUT2D eigenvalue weighted by Crippen LogP contribution is -2.11. The van der Waals surface area contributed by atoms with E-state index in [1.54, 1.807) is 6.07 Å². The quantitative estimate of drug-likeness (QED) is 0.871. The Bertz CT molecular complexity index is 584. The molecule has 0 spiro atoms. The number of rotatable bonds is 6. The van der Waals surface area contributed by atoms with Crippen molar-refractivity contribution in [2.45, 2.75) is 13.3 Å².